The van der Waals surface area contributed by atoms with Gasteiger partial charge < -0.3 is 10.1 Å². The van der Waals surface area contributed by atoms with Crippen LogP contribution in [0.5, 0.6) is 0 Å². The molecular formula is C12H23NO. The van der Waals surface area contributed by atoms with Crippen LogP contribution in [0.15, 0.2) is 0 Å². The van der Waals surface area contributed by atoms with Gasteiger partial charge in [-0.15, -0.1) is 0 Å². The van der Waals surface area contributed by atoms with Crippen molar-refractivity contribution < 1.29 is 4.74 Å². The Bertz CT molecular complexity index is 166. The molecule has 2 unspecified atom stereocenters. The van der Waals surface area contributed by atoms with Gasteiger partial charge in [-0.3, -0.25) is 0 Å². The van der Waals surface area contributed by atoms with Gasteiger partial charge in [0, 0.05) is 18.7 Å². The molecule has 0 spiro atoms. The SMILES string of the molecule is CC1CCCC(N[C@H]2CCCOC2)C1. The molecule has 1 N–H and O–H groups in total. The van der Waals surface area contributed by atoms with Crippen LogP contribution in [0.1, 0.15) is 45.4 Å². The Hall–Kier alpha value is -0.0800. The first-order valence-electron chi connectivity index (χ1n) is 6.18. The number of hydrogen-bond donors (Lipinski definition) is 1. The second kappa shape index (κ2) is 5.13. The second-order valence-electron chi connectivity index (χ2n) is 5.05. The lowest BCUT2D eigenvalue weighted by Gasteiger charge is -2.33. The molecule has 2 fully saturated rings. The summed E-state index contributed by atoms with van der Waals surface area (Å²) in [6, 6.07) is 1.41. The van der Waals surface area contributed by atoms with Crippen LogP contribution >= 0.6 is 0 Å². The Morgan fingerprint density at radius 2 is 1.93 bits per heavy atom. The van der Waals surface area contributed by atoms with E-state index in [-0.39, 0.29) is 0 Å². The lowest BCUT2D eigenvalue weighted by Crippen LogP contribution is -2.44. The first kappa shape index (κ1) is 10.4. The van der Waals surface area contributed by atoms with E-state index in [9.17, 15) is 0 Å². The smallest absolute Gasteiger partial charge is 0.0619 e. The Labute approximate surface area is 87.4 Å². The van der Waals surface area contributed by atoms with Gasteiger partial charge in [-0.2, -0.15) is 0 Å². The predicted molar refractivity (Wildman–Crippen MR) is 58.4 cm³/mol. The second-order valence-corrected chi connectivity index (χ2v) is 5.05. The maximum absolute atomic E-state index is 5.49. The van der Waals surface area contributed by atoms with E-state index in [0.717, 1.165) is 25.2 Å². The van der Waals surface area contributed by atoms with E-state index in [1.54, 1.807) is 0 Å². The van der Waals surface area contributed by atoms with Crippen LogP contribution in [-0.2, 0) is 4.74 Å². The van der Waals surface area contributed by atoms with Crippen LogP contribution in [0.3, 0.4) is 0 Å². The Balaban J connectivity index is 1.72. The molecule has 1 aliphatic heterocycles. The molecule has 14 heavy (non-hydrogen) atoms. The third-order valence-electron chi connectivity index (χ3n) is 3.57. The highest BCUT2D eigenvalue weighted by Crippen LogP contribution is 2.24. The molecule has 1 saturated carbocycles. The lowest BCUT2D eigenvalue weighted by molar-refractivity contribution is 0.0629. The van der Waals surface area contributed by atoms with E-state index >= 15 is 0 Å². The Morgan fingerprint density at radius 1 is 1.07 bits per heavy atom. The molecule has 2 rings (SSSR count). The molecule has 2 nitrogen and oxygen atoms in total. The molecule has 0 aromatic carbocycles. The molecule has 2 aliphatic rings. The van der Waals surface area contributed by atoms with Crippen LogP contribution in [0, 0.1) is 5.92 Å². The topological polar surface area (TPSA) is 21.3 Å². The van der Waals surface area contributed by atoms with Gasteiger partial charge in [0.2, 0.25) is 0 Å². The van der Waals surface area contributed by atoms with Gasteiger partial charge in [0.25, 0.3) is 0 Å². The highest BCUT2D eigenvalue weighted by Gasteiger charge is 2.22. The number of ether oxygens (including phenoxy) is 1. The summed E-state index contributed by atoms with van der Waals surface area (Å²) in [5, 5.41) is 3.76. The third-order valence-corrected chi connectivity index (χ3v) is 3.57. The molecule has 0 bridgehead atoms. The van der Waals surface area contributed by atoms with E-state index in [2.05, 4.69) is 12.2 Å². The molecule has 1 saturated heterocycles. The van der Waals surface area contributed by atoms with E-state index in [1.807, 2.05) is 0 Å². The quantitative estimate of drug-likeness (QED) is 0.733. The number of hydrogen-bond acceptors (Lipinski definition) is 2. The zero-order valence-electron chi connectivity index (χ0n) is 9.30. The van der Waals surface area contributed by atoms with Crippen LogP contribution < -0.4 is 5.32 Å². The molecule has 82 valence electrons. The first-order valence-corrected chi connectivity index (χ1v) is 6.18. The van der Waals surface area contributed by atoms with Gasteiger partial charge in [0.15, 0.2) is 0 Å². The van der Waals surface area contributed by atoms with Crippen molar-refractivity contribution in [2.75, 3.05) is 13.2 Å². The summed E-state index contributed by atoms with van der Waals surface area (Å²) in [7, 11) is 0. The van der Waals surface area contributed by atoms with E-state index < -0.39 is 0 Å². The summed E-state index contributed by atoms with van der Waals surface area (Å²) < 4.78 is 5.49. The molecule has 2 heteroatoms. The Kier molecular flexibility index (Phi) is 3.82. The van der Waals surface area contributed by atoms with Crippen molar-refractivity contribution in [2.24, 2.45) is 5.92 Å². The molecule has 1 heterocycles. The fourth-order valence-corrected chi connectivity index (χ4v) is 2.79. The normalized spacial score (nSPS) is 39.6. The molecular weight excluding hydrogens is 174 g/mol. The molecule has 0 radical (unpaired) electrons. The molecule has 0 aromatic rings. The van der Waals surface area contributed by atoms with Crippen molar-refractivity contribution in [1.29, 1.82) is 0 Å². The van der Waals surface area contributed by atoms with Gasteiger partial charge in [-0.05, 0) is 31.6 Å². The molecule has 1 aliphatic carbocycles. The van der Waals surface area contributed by atoms with Crippen molar-refractivity contribution >= 4 is 0 Å². The summed E-state index contributed by atoms with van der Waals surface area (Å²) in [5.41, 5.74) is 0. The highest BCUT2D eigenvalue weighted by molar-refractivity contribution is 4.80. The highest BCUT2D eigenvalue weighted by atomic mass is 16.5. The maximum Gasteiger partial charge on any atom is 0.0619 e. The molecule has 0 amide bonds. The lowest BCUT2D eigenvalue weighted by atomic mass is 9.86. The maximum atomic E-state index is 5.49. The number of nitrogens with one attached hydrogen (secondary N) is 1. The van der Waals surface area contributed by atoms with Gasteiger partial charge in [-0.25, -0.2) is 0 Å². The van der Waals surface area contributed by atoms with Crippen molar-refractivity contribution in [3.8, 4) is 0 Å². The van der Waals surface area contributed by atoms with Crippen molar-refractivity contribution in [2.45, 2.75) is 57.5 Å². The Morgan fingerprint density at radius 3 is 2.64 bits per heavy atom. The zero-order chi connectivity index (χ0) is 9.80. The standard InChI is InChI=1S/C12H23NO/c1-10-4-2-5-11(8-10)13-12-6-3-7-14-9-12/h10-13H,2-9H2,1H3/t10?,11?,12-/m0/s1. The summed E-state index contributed by atoms with van der Waals surface area (Å²) in [4.78, 5) is 0. The van der Waals surface area contributed by atoms with Crippen molar-refractivity contribution in [3.63, 3.8) is 0 Å². The minimum Gasteiger partial charge on any atom is -0.380 e. The summed E-state index contributed by atoms with van der Waals surface area (Å²) >= 11 is 0. The first-order chi connectivity index (χ1) is 6.84. The minimum atomic E-state index is 0.638. The van der Waals surface area contributed by atoms with Crippen LogP contribution in [0.25, 0.3) is 0 Å². The van der Waals surface area contributed by atoms with E-state index in [1.165, 1.54) is 38.5 Å². The third kappa shape index (κ3) is 2.96. The summed E-state index contributed by atoms with van der Waals surface area (Å²) in [5.74, 6) is 0.922. The summed E-state index contributed by atoms with van der Waals surface area (Å²) in [6.07, 6.45) is 8.13. The van der Waals surface area contributed by atoms with Crippen molar-refractivity contribution in [1.82, 2.24) is 5.32 Å². The van der Waals surface area contributed by atoms with Gasteiger partial charge in [0.05, 0.1) is 6.61 Å². The summed E-state index contributed by atoms with van der Waals surface area (Å²) in [6.45, 7) is 4.29. The molecule has 3 atom stereocenters. The molecule has 0 aromatic heterocycles. The fourth-order valence-electron chi connectivity index (χ4n) is 2.79. The monoisotopic (exact) mass is 197 g/mol. The fraction of sp³-hybridized carbons (Fsp3) is 1.00. The average Bonchev–Trinajstić information content (AvgIpc) is 2.19. The van der Waals surface area contributed by atoms with Crippen LogP contribution in [-0.4, -0.2) is 25.3 Å². The van der Waals surface area contributed by atoms with E-state index in [4.69, 9.17) is 4.74 Å². The van der Waals surface area contributed by atoms with E-state index in [0.29, 0.717) is 6.04 Å². The minimum absolute atomic E-state index is 0.638. The average molecular weight is 197 g/mol. The predicted octanol–water partition coefficient (Wildman–Crippen LogP) is 2.33. The van der Waals surface area contributed by atoms with Gasteiger partial charge in [-0.1, -0.05) is 19.8 Å². The largest absolute Gasteiger partial charge is 0.380 e. The number of rotatable bonds is 2. The van der Waals surface area contributed by atoms with Crippen molar-refractivity contribution in [3.05, 3.63) is 0 Å². The zero-order valence-corrected chi connectivity index (χ0v) is 9.30. The van der Waals surface area contributed by atoms with Crippen LogP contribution in [0.4, 0.5) is 0 Å². The van der Waals surface area contributed by atoms with Gasteiger partial charge >= 0.3 is 0 Å². The van der Waals surface area contributed by atoms with Crippen LogP contribution in [0.2, 0.25) is 0 Å². The van der Waals surface area contributed by atoms with Gasteiger partial charge in [0.1, 0.15) is 0 Å².